The molecule has 3 N–H and O–H groups in total. The Kier molecular flexibility index (Phi) is 6.67. The van der Waals surface area contributed by atoms with Crippen molar-refractivity contribution in [2.75, 3.05) is 5.75 Å². The van der Waals surface area contributed by atoms with Crippen molar-refractivity contribution in [1.29, 1.82) is 0 Å². The summed E-state index contributed by atoms with van der Waals surface area (Å²) < 4.78 is 35.3. The number of sulfonamides is 1. The summed E-state index contributed by atoms with van der Waals surface area (Å²) in [6.45, 7) is 0. The lowest BCUT2D eigenvalue weighted by molar-refractivity contribution is -0.137. The first-order chi connectivity index (χ1) is 15.8. The molecule has 172 valence electrons. The van der Waals surface area contributed by atoms with E-state index < -0.39 is 27.7 Å². The lowest BCUT2D eigenvalue weighted by Gasteiger charge is -2.18. The molecule has 7 nitrogen and oxygen atoms in total. The minimum atomic E-state index is -3.81. The third-order valence-corrected chi connectivity index (χ3v) is 6.50. The monoisotopic (exact) mass is 467 g/mol. The molecule has 3 aromatic carbocycles. The predicted octanol–water partition coefficient (Wildman–Crippen LogP) is 4.39. The second-order valence-corrected chi connectivity index (χ2v) is 9.74. The van der Waals surface area contributed by atoms with Gasteiger partial charge in [-0.15, -0.1) is 0 Å². The third kappa shape index (κ3) is 5.91. The summed E-state index contributed by atoms with van der Waals surface area (Å²) in [6.07, 6.45) is 1.18. The number of carbonyl (C=O) groups is 1. The number of carboxylic acid groups (broad SMARTS) is 1. The van der Waals surface area contributed by atoms with E-state index in [1.165, 1.54) is 0 Å². The van der Waals surface area contributed by atoms with Gasteiger partial charge in [-0.25, -0.2) is 13.6 Å². The molecule has 0 aliphatic heterocycles. The molecule has 3 aromatic rings. The van der Waals surface area contributed by atoms with Gasteiger partial charge in [0.2, 0.25) is 10.0 Å². The molecule has 1 unspecified atom stereocenters. The van der Waals surface area contributed by atoms with E-state index in [-0.39, 0.29) is 12.5 Å². The van der Waals surface area contributed by atoms with E-state index in [4.69, 9.17) is 19.7 Å². The van der Waals surface area contributed by atoms with E-state index in [0.29, 0.717) is 11.3 Å². The average Bonchev–Trinajstić information content (AvgIpc) is 3.17. The molecule has 0 saturated carbocycles. The van der Waals surface area contributed by atoms with Gasteiger partial charge in [0.1, 0.15) is 23.4 Å². The summed E-state index contributed by atoms with van der Waals surface area (Å²) in [5.74, 6) is -0.0206. The number of aliphatic carboxylic acids is 1. The van der Waals surface area contributed by atoms with Gasteiger partial charge in [0, 0.05) is 11.5 Å². The van der Waals surface area contributed by atoms with Crippen LogP contribution in [0.4, 0.5) is 0 Å². The molecule has 0 amide bonds. The molecule has 0 heterocycles. The first-order valence-electron chi connectivity index (χ1n) is 10.6. The van der Waals surface area contributed by atoms with Gasteiger partial charge in [0.05, 0.1) is 12.2 Å². The molecular formula is C25H25NO6S. The highest BCUT2D eigenvalue weighted by Gasteiger charge is 2.27. The van der Waals surface area contributed by atoms with E-state index >= 15 is 0 Å². The number of carboxylic acids is 1. The first-order valence-corrected chi connectivity index (χ1v) is 12.3. The molecule has 0 spiro atoms. The quantitative estimate of drug-likeness (QED) is 0.482. The molecular weight excluding hydrogens is 442 g/mol. The Morgan fingerprint density at radius 3 is 2.39 bits per heavy atom. The lowest BCUT2D eigenvalue weighted by Crippen LogP contribution is -2.23. The van der Waals surface area contributed by atoms with Crippen LogP contribution in [0, 0.1) is 0 Å². The standard InChI is InChI=1S/C25H25NO6S/c26-33(29,30)16-18(15-25(27)28)17-9-11-20(12-10-17)32-24-14-13-22-21(24)7-4-8-23(22)31-19-5-2-1-3-6-19/h1-12,18,24H,13-16H2,(H,27,28)(H2,26,29,30)/t18?,24-/m1/s1. The van der Waals surface area contributed by atoms with Crippen molar-refractivity contribution in [3.63, 3.8) is 0 Å². The van der Waals surface area contributed by atoms with Crippen molar-refractivity contribution in [3.05, 3.63) is 89.5 Å². The van der Waals surface area contributed by atoms with Gasteiger partial charge < -0.3 is 14.6 Å². The third-order valence-electron chi connectivity index (χ3n) is 5.63. The molecule has 8 heteroatoms. The molecule has 0 radical (unpaired) electrons. The van der Waals surface area contributed by atoms with Crippen LogP contribution in [-0.2, 0) is 21.2 Å². The zero-order valence-corrected chi connectivity index (χ0v) is 18.7. The molecule has 4 rings (SSSR count). The number of ether oxygens (including phenoxy) is 2. The molecule has 1 aliphatic carbocycles. The Morgan fingerprint density at radius 2 is 1.73 bits per heavy atom. The highest BCUT2D eigenvalue weighted by Crippen LogP contribution is 2.41. The minimum absolute atomic E-state index is 0.135. The van der Waals surface area contributed by atoms with Crippen molar-refractivity contribution >= 4 is 16.0 Å². The molecule has 0 bridgehead atoms. The van der Waals surface area contributed by atoms with E-state index in [2.05, 4.69) is 0 Å². The fourth-order valence-corrected chi connectivity index (χ4v) is 5.03. The number of hydrogen-bond donors (Lipinski definition) is 2. The normalized spacial score (nSPS) is 16.1. The van der Waals surface area contributed by atoms with Gasteiger partial charge in [0.25, 0.3) is 0 Å². The van der Waals surface area contributed by atoms with Crippen LogP contribution in [0.2, 0.25) is 0 Å². The minimum Gasteiger partial charge on any atom is -0.486 e. The molecule has 2 atom stereocenters. The van der Waals surface area contributed by atoms with Crippen LogP contribution in [-0.4, -0.2) is 25.2 Å². The van der Waals surface area contributed by atoms with Crippen LogP contribution in [0.1, 0.15) is 41.6 Å². The van der Waals surface area contributed by atoms with Crippen LogP contribution in [0.25, 0.3) is 0 Å². The Balaban J connectivity index is 1.49. The van der Waals surface area contributed by atoms with Crippen LogP contribution in [0.3, 0.4) is 0 Å². The smallest absolute Gasteiger partial charge is 0.303 e. The summed E-state index contributed by atoms with van der Waals surface area (Å²) in [5, 5.41) is 14.3. The summed E-state index contributed by atoms with van der Waals surface area (Å²) >= 11 is 0. The Labute approximate surface area is 192 Å². The number of hydrogen-bond acceptors (Lipinski definition) is 5. The maximum absolute atomic E-state index is 11.5. The number of rotatable bonds is 9. The molecule has 33 heavy (non-hydrogen) atoms. The van der Waals surface area contributed by atoms with Crippen LogP contribution >= 0.6 is 0 Å². The summed E-state index contributed by atoms with van der Waals surface area (Å²) in [4.78, 5) is 11.2. The van der Waals surface area contributed by atoms with E-state index in [1.54, 1.807) is 24.3 Å². The van der Waals surface area contributed by atoms with E-state index in [1.807, 2.05) is 48.5 Å². The van der Waals surface area contributed by atoms with Gasteiger partial charge in [-0.1, -0.05) is 42.5 Å². The summed E-state index contributed by atoms with van der Waals surface area (Å²) in [6, 6.07) is 22.4. The molecule has 0 aromatic heterocycles. The summed E-state index contributed by atoms with van der Waals surface area (Å²) in [5.41, 5.74) is 2.78. The average molecular weight is 468 g/mol. The van der Waals surface area contributed by atoms with Gasteiger partial charge in [0.15, 0.2) is 0 Å². The summed E-state index contributed by atoms with van der Waals surface area (Å²) in [7, 11) is -3.81. The van der Waals surface area contributed by atoms with E-state index in [9.17, 15) is 13.2 Å². The van der Waals surface area contributed by atoms with Crippen LogP contribution < -0.4 is 14.6 Å². The second-order valence-electron chi connectivity index (χ2n) is 8.08. The van der Waals surface area contributed by atoms with Crippen molar-refractivity contribution in [2.24, 2.45) is 5.14 Å². The largest absolute Gasteiger partial charge is 0.486 e. The molecule has 1 aliphatic rings. The first kappa shape index (κ1) is 22.8. The zero-order valence-electron chi connectivity index (χ0n) is 17.9. The number of para-hydroxylation sites is 1. The van der Waals surface area contributed by atoms with Crippen molar-refractivity contribution in [3.8, 4) is 17.2 Å². The van der Waals surface area contributed by atoms with Crippen molar-refractivity contribution < 1.29 is 27.8 Å². The van der Waals surface area contributed by atoms with Crippen LogP contribution in [0.15, 0.2) is 72.8 Å². The number of benzene rings is 3. The maximum atomic E-state index is 11.5. The van der Waals surface area contributed by atoms with E-state index in [0.717, 1.165) is 35.5 Å². The van der Waals surface area contributed by atoms with Gasteiger partial charge in [-0.3, -0.25) is 4.79 Å². The number of nitrogens with two attached hydrogens (primary N) is 1. The maximum Gasteiger partial charge on any atom is 0.303 e. The van der Waals surface area contributed by atoms with Crippen molar-refractivity contribution in [1.82, 2.24) is 0 Å². The highest BCUT2D eigenvalue weighted by atomic mass is 32.2. The van der Waals surface area contributed by atoms with Gasteiger partial charge >= 0.3 is 5.97 Å². The fourth-order valence-electron chi connectivity index (χ4n) is 4.16. The van der Waals surface area contributed by atoms with Gasteiger partial charge in [-0.2, -0.15) is 0 Å². The zero-order chi connectivity index (χ0) is 23.4. The Bertz CT molecular complexity index is 1230. The molecule has 0 saturated heterocycles. The Hall–Kier alpha value is -3.36. The van der Waals surface area contributed by atoms with Crippen molar-refractivity contribution in [2.45, 2.75) is 31.3 Å². The lowest BCUT2D eigenvalue weighted by atomic mass is 9.97. The van der Waals surface area contributed by atoms with Crippen LogP contribution in [0.5, 0.6) is 17.2 Å². The number of fused-ring (bicyclic) bond motifs is 1. The fraction of sp³-hybridized carbons (Fsp3) is 0.240. The second kappa shape index (κ2) is 9.64. The molecule has 0 fully saturated rings. The van der Waals surface area contributed by atoms with Gasteiger partial charge in [-0.05, 0) is 54.3 Å². The number of primary sulfonamides is 1. The Morgan fingerprint density at radius 1 is 1.00 bits per heavy atom. The predicted molar refractivity (Wildman–Crippen MR) is 124 cm³/mol. The topological polar surface area (TPSA) is 116 Å². The highest BCUT2D eigenvalue weighted by molar-refractivity contribution is 7.89. The SMILES string of the molecule is NS(=O)(=O)CC(CC(=O)O)c1ccc(O[C@@H]2CCc3c(Oc4ccccc4)cccc32)cc1.